The molecule has 3 rings (SSSR count). The van der Waals surface area contributed by atoms with Crippen LogP contribution in [0.1, 0.15) is 49.8 Å². The van der Waals surface area contributed by atoms with Crippen LogP contribution < -0.4 is 0 Å². The van der Waals surface area contributed by atoms with Gasteiger partial charge in [-0.15, -0.1) is 0 Å². The van der Waals surface area contributed by atoms with Gasteiger partial charge in [0.1, 0.15) is 0 Å². The zero-order chi connectivity index (χ0) is 12.5. The molecule has 0 spiro atoms. The standard InChI is InChI=1S/C17H21N/c1-12-4-3-5-14(10-12)17-9-7-15-11-13(2)6-8-16(15)18-17/h6-9,11-12,14H,3-5,10H2,1-2H3. The summed E-state index contributed by atoms with van der Waals surface area (Å²) in [5, 5.41) is 1.27. The van der Waals surface area contributed by atoms with E-state index in [-0.39, 0.29) is 0 Å². The van der Waals surface area contributed by atoms with Crippen LogP contribution in [0.4, 0.5) is 0 Å². The van der Waals surface area contributed by atoms with Crippen LogP contribution in [0.3, 0.4) is 0 Å². The molecule has 1 nitrogen and oxygen atoms in total. The summed E-state index contributed by atoms with van der Waals surface area (Å²) >= 11 is 0. The van der Waals surface area contributed by atoms with Gasteiger partial charge in [-0.2, -0.15) is 0 Å². The van der Waals surface area contributed by atoms with Crippen LogP contribution in [0.2, 0.25) is 0 Å². The Kier molecular flexibility index (Phi) is 3.07. The smallest absolute Gasteiger partial charge is 0.0705 e. The van der Waals surface area contributed by atoms with E-state index in [1.807, 2.05) is 0 Å². The van der Waals surface area contributed by atoms with E-state index >= 15 is 0 Å². The van der Waals surface area contributed by atoms with Crippen molar-refractivity contribution in [2.24, 2.45) is 5.92 Å². The number of rotatable bonds is 1. The van der Waals surface area contributed by atoms with E-state index in [1.165, 1.54) is 42.3 Å². The molecule has 94 valence electrons. The quantitative estimate of drug-likeness (QED) is 0.694. The lowest BCUT2D eigenvalue weighted by molar-refractivity contribution is 0.340. The van der Waals surface area contributed by atoms with E-state index in [2.05, 4.69) is 44.2 Å². The summed E-state index contributed by atoms with van der Waals surface area (Å²) < 4.78 is 0. The van der Waals surface area contributed by atoms with Crippen LogP contribution in [0.25, 0.3) is 10.9 Å². The van der Waals surface area contributed by atoms with Crippen molar-refractivity contribution in [3.05, 3.63) is 41.6 Å². The molecule has 1 saturated carbocycles. The molecule has 1 aromatic carbocycles. The van der Waals surface area contributed by atoms with E-state index in [1.54, 1.807) is 0 Å². The van der Waals surface area contributed by atoms with E-state index in [4.69, 9.17) is 4.98 Å². The highest BCUT2D eigenvalue weighted by Gasteiger charge is 2.21. The maximum Gasteiger partial charge on any atom is 0.0705 e. The van der Waals surface area contributed by atoms with Crippen LogP contribution in [0.15, 0.2) is 30.3 Å². The van der Waals surface area contributed by atoms with E-state index in [0.29, 0.717) is 5.92 Å². The second-order valence-corrected chi connectivity index (χ2v) is 5.90. The first-order valence-corrected chi connectivity index (χ1v) is 7.09. The minimum absolute atomic E-state index is 0.680. The summed E-state index contributed by atoms with van der Waals surface area (Å²) in [6, 6.07) is 11.0. The van der Waals surface area contributed by atoms with E-state index in [9.17, 15) is 0 Å². The van der Waals surface area contributed by atoms with Crippen molar-refractivity contribution >= 4 is 10.9 Å². The third kappa shape index (κ3) is 2.27. The second-order valence-electron chi connectivity index (χ2n) is 5.90. The van der Waals surface area contributed by atoms with Gasteiger partial charge < -0.3 is 0 Å². The molecule has 0 amide bonds. The van der Waals surface area contributed by atoms with Crippen LogP contribution in [0.5, 0.6) is 0 Å². The minimum atomic E-state index is 0.680. The molecule has 1 heterocycles. The highest BCUT2D eigenvalue weighted by molar-refractivity contribution is 5.79. The molecule has 0 N–H and O–H groups in total. The molecular weight excluding hydrogens is 218 g/mol. The zero-order valence-corrected chi connectivity index (χ0v) is 11.3. The Balaban J connectivity index is 1.95. The maximum atomic E-state index is 4.87. The molecule has 0 aliphatic heterocycles. The summed E-state index contributed by atoms with van der Waals surface area (Å²) in [4.78, 5) is 4.87. The predicted octanol–water partition coefficient (Wildman–Crippen LogP) is 4.84. The number of fused-ring (bicyclic) bond motifs is 1. The largest absolute Gasteiger partial charge is 0.253 e. The van der Waals surface area contributed by atoms with Gasteiger partial charge in [0.2, 0.25) is 0 Å². The van der Waals surface area contributed by atoms with Crippen LogP contribution in [0, 0.1) is 12.8 Å². The number of benzene rings is 1. The Morgan fingerprint density at radius 2 is 2.00 bits per heavy atom. The van der Waals surface area contributed by atoms with Gasteiger partial charge in [-0.05, 0) is 43.9 Å². The number of pyridine rings is 1. The van der Waals surface area contributed by atoms with Crippen molar-refractivity contribution in [3.63, 3.8) is 0 Å². The maximum absolute atomic E-state index is 4.87. The van der Waals surface area contributed by atoms with E-state index < -0.39 is 0 Å². The molecule has 0 bridgehead atoms. The Hall–Kier alpha value is -1.37. The number of aromatic nitrogens is 1. The van der Waals surface area contributed by atoms with Gasteiger partial charge >= 0.3 is 0 Å². The van der Waals surface area contributed by atoms with Crippen molar-refractivity contribution in [2.75, 3.05) is 0 Å². The lowest BCUT2D eigenvalue weighted by atomic mass is 9.80. The van der Waals surface area contributed by atoms with Crippen LogP contribution in [-0.2, 0) is 0 Å². The normalized spacial score (nSPS) is 24.3. The molecule has 1 aromatic heterocycles. The summed E-state index contributed by atoms with van der Waals surface area (Å²) in [6.07, 6.45) is 5.38. The lowest BCUT2D eigenvalue weighted by Gasteiger charge is -2.26. The van der Waals surface area contributed by atoms with E-state index in [0.717, 1.165) is 11.4 Å². The number of aryl methyl sites for hydroxylation is 1. The summed E-state index contributed by atoms with van der Waals surface area (Å²) in [6.45, 7) is 4.51. The number of hydrogen-bond donors (Lipinski definition) is 0. The molecule has 2 aromatic rings. The average Bonchev–Trinajstić information content (AvgIpc) is 2.38. The predicted molar refractivity (Wildman–Crippen MR) is 76.9 cm³/mol. The first-order chi connectivity index (χ1) is 8.72. The fourth-order valence-electron chi connectivity index (χ4n) is 3.19. The number of nitrogens with zero attached hydrogens (tertiary/aromatic N) is 1. The van der Waals surface area contributed by atoms with Gasteiger partial charge in [0.25, 0.3) is 0 Å². The fourth-order valence-corrected chi connectivity index (χ4v) is 3.19. The van der Waals surface area contributed by atoms with Crippen molar-refractivity contribution in [3.8, 4) is 0 Å². The molecule has 2 atom stereocenters. The minimum Gasteiger partial charge on any atom is -0.253 e. The SMILES string of the molecule is Cc1ccc2nc(C3CCCC(C)C3)ccc2c1. The van der Waals surface area contributed by atoms with Crippen molar-refractivity contribution in [1.29, 1.82) is 0 Å². The molecular formula is C17H21N. The summed E-state index contributed by atoms with van der Waals surface area (Å²) in [5.41, 5.74) is 3.76. The van der Waals surface area contributed by atoms with Gasteiger partial charge in [0.15, 0.2) is 0 Å². The van der Waals surface area contributed by atoms with Gasteiger partial charge in [-0.25, -0.2) is 0 Å². The van der Waals surface area contributed by atoms with Gasteiger partial charge in [-0.3, -0.25) is 4.98 Å². The summed E-state index contributed by atoms with van der Waals surface area (Å²) in [5.74, 6) is 1.54. The Bertz CT molecular complexity index is 559. The highest BCUT2D eigenvalue weighted by atomic mass is 14.7. The molecule has 1 fully saturated rings. The highest BCUT2D eigenvalue weighted by Crippen LogP contribution is 2.35. The van der Waals surface area contributed by atoms with Gasteiger partial charge in [0, 0.05) is 17.0 Å². The zero-order valence-electron chi connectivity index (χ0n) is 11.3. The molecule has 18 heavy (non-hydrogen) atoms. The number of hydrogen-bond acceptors (Lipinski definition) is 1. The monoisotopic (exact) mass is 239 g/mol. The Morgan fingerprint density at radius 3 is 2.83 bits per heavy atom. The molecule has 2 unspecified atom stereocenters. The molecule has 0 saturated heterocycles. The summed E-state index contributed by atoms with van der Waals surface area (Å²) in [7, 11) is 0. The van der Waals surface area contributed by atoms with Gasteiger partial charge in [0.05, 0.1) is 5.52 Å². The molecule has 0 radical (unpaired) electrons. The second kappa shape index (κ2) is 4.72. The average molecular weight is 239 g/mol. The third-order valence-electron chi connectivity index (χ3n) is 4.22. The Morgan fingerprint density at radius 1 is 1.11 bits per heavy atom. The third-order valence-corrected chi connectivity index (χ3v) is 4.22. The van der Waals surface area contributed by atoms with Crippen LogP contribution in [-0.4, -0.2) is 4.98 Å². The molecule has 1 heteroatoms. The van der Waals surface area contributed by atoms with Crippen LogP contribution >= 0.6 is 0 Å². The van der Waals surface area contributed by atoms with Gasteiger partial charge in [-0.1, -0.05) is 37.5 Å². The van der Waals surface area contributed by atoms with Crippen molar-refractivity contribution in [2.45, 2.75) is 45.4 Å². The topological polar surface area (TPSA) is 12.9 Å². The molecule has 1 aliphatic rings. The lowest BCUT2D eigenvalue weighted by Crippen LogP contribution is -2.12. The molecule has 1 aliphatic carbocycles. The first kappa shape index (κ1) is 11.7. The van der Waals surface area contributed by atoms with Crippen molar-refractivity contribution in [1.82, 2.24) is 4.98 Å². The van der Waals surface area contributed by atoms with Crippen molar-refractivity contribution < 1.29 is 0 Å². The first-order valence-electron chi connectivity index (χ1n) is 7.09. The fraction of sp³-hybridized carbons (Fsp3) is 0.471. The Labute approximate surface area is 109 Å².